The van der Waals surface area contributed by atoms with Crippen molar-refractivity contribution < 1.29 is 32.6 Å². The fraction of sp³-hybridized carbons (Fsp3) is 0.293. The number of nitrogens with zero attached hydrogens (tertiary/aromatic N) is 7. The summed E-state index contributed by atoms with van der Waals surface area (Å²) < 4.78 is 43.3. The van der Waals surface area contributed by atoms with Gasteiger partial charge in [0.05, 0.1) is 31.0 Å². The first-order chi connectivity index (χ1) is 28.3. The third-order valence-corrected chi connectivity index (χ3v) is 9.63. The minimum atomic E-state index is -0.892. The molecule has 2 unspecified atom stereocenters. The van der Waals surface area contributed by atoms with Gasteiger partial charge in [-0.15, -0.1) is 0 Å². The van der Waals surface area contributed by atoms with Crippen molar-refractivity contribution in [2.75, 3.05) is 37.8 Å². The quantitative estimate of drug-likeness (QED) is 0.189. The van der Waals surface area contributed by atoms with E-state index >= 15 is 0 Å². The van der Waals surface area contributed by atoms with Crippen LogP contribution >= 0.6 is 0 Å². The Bertz CT molecular complexity index is 2570. The van der Waals surface area contributed by atoms with Crippen LogP contribution in [0.25, 0.3) is 17.0 Å². The molecule has 8 rings (SSSR count). The second-order valence-electron chi connectivity index (χ2n) is 14.3. The number of aromatic nitrogens is 6. The number of benzene rings is 2. The third kappa shape index (κ3) is 8.61. The Kier molecular flexibility index (Phi) is 11.4. The van der Waals surface area contributed by atoms with Gasteiger partial charge in [0.1, 0.15) is 64.6 Å². The molecule has 4 aromatic heterocycles. The van der Waals surface area contributed by atoms with Crippen LogP contribution in [0.15, 0.2) is 79.9 Å². The first-order valence-electron chi connectivity index (χ1n) is 18.9. The number of hydrogen-bond acceptors (Lipinski definition) is 12. The number of amides is 2. The molecule has 16 nitrogen and oxygen atoms in total. The van der Waals surface area contributed by atoms with Crippen LogP contribution in [0.2, 0.25) is 0 Å². The van der Waals surface area contributed by atoms with Crippen LogP contribution < -0.4 is 30.7 Å². The van der Waals surface area contributed by atoms with Crippen LogP contribution in [-0.4, -0.2) is 91.1 Å². The van der Waals surface area contributed by atoms with Gasteiger partial charge >= 0.3 is 0 Å². The van der Waals surface area contributed by atoms with Crippen molar-refractivity contribution in [3.8, 4) is 11.5 Å². The van der Waals surface area contributed by atoms with Gasteiger partial charge in [-0.25, -0.2) is 27.8 Å². The predicted molar refractivity (Wildman–Crippen MR) is 215 cm³/mol. The smallest absolute Gasteiger partial charge is 0.256 e. The molecule has 2 amide bonds. The molecule has 6 aromatic rings. The molecule has 0 radical (unpaired) electrons. The summed E-state index contributed by atoms with van der Waals surface area (Å²) in [6.07, 6.45) is 6.05. The molecule has 0 spiro atoms. The fourth-order valence-corrected chi connectivity index (χ4v) is 6.55. The second-order valence-corrected chi connectivity index (χ2v) is 14.3. The van der Waals surface area contributed by atoms with Crippen molar-refractivity contribution in [2.45, 2.75) is 51.5 Å². The number of ether oxygens (including phenoxy) is 2. The summed E-state index contributed by atoms with van der Waals surface area (Å²) in [6, 6.07) is 9.82. The number of nitrogens with one attached hydrogen (secondary N) is 4. The lowest BCUT2D eigenvalue weighted by atomic mass is 9.99. The van der Waals surface area contributed by atoms with Crippen molar-refractivity contribution in [1.82, 2.24) is 44.7 Å². The number of Topliss-reactive ketones (excluding diaryl/α,β-unsaturated/α-hetero) is 1. The summed E-state index contributed by atoms with van der Waals surface area (Å²) in [6.45, 7) is 10.2. The molecule has 4 bridgehead atoms. The molecule has 2 aliphatic heterocycles. The van der Waals surface area contributed by atoms with Crippen LogP contribution in [0.3, 0.4) is 0 Å². The maximum Gasteiger partial charge on any atom is 0.256 e. The molecule has 0 saturated heterocycles. The van der Waals surface area contributed by atoms with E-state index in [4.69, 9.17) is 9.47 Å². The van der Waals surface area contributed by atoms with E-state index in [0.29, 0.717) is 63.4 Å². The molecule has 306 valence electrons. The van der Waals surface area contributed by atoms with Crippen LogP contribution in [0.4, 0.5) is 20.4 Å². The molecule has 59 heavy (non-hydrogen) atoms. The number of carbonyl (C=O) groups excluding carboxylic acids is 3. The van der Waals surface area contributed by atoms with Gasteiger partial charge in [-0.1, -0.05) is 13.5 Å². The maximum atomic E-state index is 14.2. The number of carbonyl (C=O) groups is 3. The van der Waals surface area contributed by atoms with Gasteiger partial charge in [0, 0.05) is 49.7 Å². The standard InChI is InChI=1S/C21H23FN6O2.C20H20FN5O3/c1-12-10-23-13(2)16-11-24-28-8-7-18(26-20(16)28)25-19(21(29)27(3)4)15-9-14(22)5-6-17(15)30-12;1-3-15(27)18-13-8-12(21)4-5-16(13)29-11(2)9-22-20(28)14-10-23-26-7-6-17(24-18)25-19(14)26/h5-9,11-12,19,23H,2,10H2,1,3-4H3,(H,25,26);4-8,10-11,18H,3,9H2,1-2H3,(H,22,28)(H,24,25)/t12-,19?;11-,18?/m00/s1. The maximum absolute atomic E-state index is 14.2. The number of likely N-dealkylation sites (N-methyl/N-ethyl adjacent to an activating group) is 1. The average molecular weight is 808 g/mol. The van der Waals surface area contributed by atoms with E-state index in [1.807, 2.05) is 6.92 Å². The Hall–Kier alpha value is -7.11. The first-order valence-corrected chi connectivity index (χ1v) is 18.9. The molecule has 2 aromatic carbocycles. The molecule has 0 aliphatic carbocycles. The number of rotatable bonds is 3. The van der Waals surface area contributed by atoms with E-state index in [-0.39, 0.29) is 36.7 Å². The van der Waals surface area contributed by atoms with Gasteiger partial charge in [-0.2, -0.15) is 10.2 Å². The Morgan fingerprint density at radius 2 is 1.31 bits per heavy atom. The Morgan fingerprint density at radius 1 is 0.797 bits per heavy atom. The highest BCUT2D eigenvalue weighted by molar-refractivity contribution is 6.00. The second kappa shape index (κ2) is 16.8. The largest absolute Gasteiger partial charge is 0.489 e. The number of anilines is 2. The molecular formula is C41H43F2N11O5. The molecular weight excluding hydrogens is 765 g/mol. The SMILES string of the molecule is C=C1NC[C@H](C)Oc2ccc(F)cc2C(C(=O)N(C)C)Nc2ccn3ncc1c3n2.CCC(=O)C1Nc2ccn3ncc(c3n2)C(=O)NC[C@H](C)Oc2ccc(F)cc21. The summed E-state index contributed by atoms with van der Waals surface area (Å²) in [4.78, 5) is 48.8. The van der Waals surface area contributed by atoms with Gasteiger partial charge < -0.3 is 35.6 Å². The van der Waals surface area contributed by atoms with E-state index in [1.54, 1.807) is 69.2 Å². The summed E-state index contributed by atoms with van der Waals surface area (Å²) in [7, 11) is 3.29. The van der Waals surface area contributed by atoms with Gasteiger partial charge in [0.25, 0.3) is 5.91 Å². The fourth-order valence-electron chi connectivity index (χ4n) is 6.55. The number of ketones is 1. The van der Waals surface area contributed by atoms with E-state index in [9.17, 15) is 23.2 Å². The summed E-state index contributed by atoms with van der Waals surface area (Å²) >= 11 is 0. The molecule has 6 heterocycles. The van der Waals surface area contributed by atoms with E-state index in [1.165, 1.54) is 45.9 Å². The summed E-state index contributed by atoms with van der Waals surface area (Å²) in [5, 5.41) is 20.7. The minimum absolute atomic E-state index is 0.146. The lowest BCUT2D eigenvalue weighted by Crippen LogP contribution is -2.34. The molecule has 0 fully saturated rings. The number of hydrogen-bond donors (Lipinski definition) is 4. The van der Waals surface area contributed by atoms with E-state index in [2.05, 4.69) is 48.0 Å². The lowest BCUT2D eigenvalue weighted by Gasteiger charge is -2.25. The van der Waals surface area contributed by atoms with Crippen molar-refractivity contribution in [3.05, 3.63) is 114 Å². The summed E-state index contributed by atoms with van der Waals surface area (Å²) in [5.74, 6) is -0.0712. The Morgan fingerprint density at radius 3 is 1.86 bits per heavy atom. The monoisotopic (exact) mass is 807 g/mol. The zero-order valence-electron chi connectivity index (χ0n) is 33.0. The third-order valence-electron chi connectivity index (χ3n) is 9.63. The van der Waals surface area contributed by atoms with Crippen molar-refractivity contribution >= 4 is 46.2 Å². The highest BCUT2D eigenvalue weighted by Crippen LogP contribution is 2.33. The molecule has 2 aliphatic rings. The van der Waals surface area contributed by atoms with Gasteiger partial charge in [0.2, 0.25) is 5.91 Å². The molecule has 4 atom stereocenters. The normalized spacial score (nSPS) is 19.0. The van der Waals surface area contributed by atoms with Crippen molar-refractivity contribution in [2.24, 2.45) is 0 Å². The van der Waals surface area contributed by atoms with Crippen LogP contribution in [0, 0.1) is 11.6 Å². The van der Waals surface area contributed by atoms with Crippen LogP contribution in [0.5, 0.6) is 11.5 Å². The van der Waals surface area contributed by atoms with Crippen LogP contribution in [-0.2, 0) is 9.59 Å². The van der Waals surface area contributed by atoms with Gasteiger partial charge in [0.15, 0.2) is 17.1 Å². The molecule has 18 heteroatoms. The number of halogens is 2. The van der Waals surface area contributed by atoms with Crippen molar-refractivity contribution in [1.29, 1.82) is 0 Å². The van der Waals surface area contributed by atoms with Crippen molar-refractivity contribution in [3.63, 3.8) is 0 Å². The lowest BCUT2D eigenvalue weighted by molar-refractivity contribution is -0.129. The number of fused-ring (bicyclic) bond motifs is 4. The highest BCUT2D eigenvalue weighted by atomic mass is 19.1. The highest BCUT2D eigenvalue weighted by Gasteiger charge is 2.29. The Labute approximate surface area is 337 Å². The van der Waals surface area contributed by atoms with Crippen LogP contribution in [0.1, 0.15) is 66.3 Å². The molecule has 0 saturated carbocycles. The topological polar surface area (TPSA) is 181 Å². The predicted octanol–water partition coefficient (Wildman–Crippen LogP) is 4.96. The van der Waals surface area contributed by atoms with Gasteiger partial charge in [-0.05, 0) is 62.4 Å². The molecule has 4 N–H and O–H groups in total. The Balaban J connectivity index is 0.000000179. The zero-order valence-corrected chi connectivity index (χ0v) is 33.0. The van der Waals surface area contributed by atoms with E-state index in [0.717, 1.165) is 5.56 Å². The summed E-state index contributed by atoms with van der Waals surface area (Å²) in [5.41, 5.74) is 3.41. The zero-order chi connectivity index (χ0) is 42.0. The minimum Gasteiger partial charge on any atom is -0.489 e. The van der Waals surface area contributed by atoms with E-state index < -0.39 is 29.8 Å². The first kappa shape index (κ1) is 40.1. The average Bonchev–Trinajstić information content (AvgIpc) is 3.85. The van der Waals surface area contributed by atoms with Gasteiger partial charge in [-0.3, -0.25) is 14.4 Å².